The zero-order chi connectivity index (χ0) is 17.2. The Labute approximate surface area is 145 Å². The number of carbonyl (C=O) groups is 1. The fraction of sp³-hybridized carbons (Fsp3) is 0.278. The predicted octanol–water partition coefficient (Wildman–Crippen LogP) is 3.82. The summed E-state index contributed by atoms with van der Waals surface area (Å²) in [6, 6.07) is 13.7. The summed E-state index contributed by atoms with van der Waals surface area (Å²) in [5, 5.41) is 5.59. The molecule has 2 rings (SSSR count). The number of amides is 2. The molecule has 0 saturated heterocycles. The Morgan fingerprint density at radius 1 is 1.08 bits per heavy atom. The number of hydrogen-bond acceptors (Lipinski definition) is 3. The van der Waals surface area contributed by atoms with Crippen molar-refractivity contribution in [3.63, 3.8) is 0 Å². The molecule has 4 nitrogen and oxygen atoms in total. The third kappa shape index (κ3) is 6.50. The maximum Gasteiger partial charge on any atom is 0.315 e. The van der Waals surface area contributed by atoms with E-state index in [1.807, 2.05) is 30.5 Å². The lowest BCUT2D eigenvalue weighted by atomic mass is 10.2. The molecule has 0 radical (unpaired) electrons. The highest BCUT2D eigenvalue weighted by Crippen LogP contribution is 2.14. The minimum atomic E-state index is -0.288. The lowest BCUT2D eigenvalue weighted by Crippen LogP contribution is -2.35. The van der Waals surface area contributed by atoms with E-state index in [-0.39, 0.29) is 11.8 Å². The molecule has 128 valence electrons. The van der Waals surface area contributed by atoms with E-state index in [1.54, 1.807) is 23.9 Å². The van der Waals surface area contributed by atoms with Gasteiger partial charge in [-0.3, -0.25) is 0 Å². The zero-order valence-corrected chi connectivity index (χ0v) is 14.4. The van der Waals surface area contributed by atoms with Crippen molar-refractivity contribution in [2.45, 2.75) is 17.9 Å². The number of thioether (sulfide) groups is 1. The molecule has 2 aromatic rings. The predicted molar refractivity (Wildman–Crippen MR) is 95.0 cm³/mol. The van der Waals surface area contributed by atoms with E-state index in [9.17, 15) is 9.18 Å². The van der Waals surface area contributed by atoms with Crippen LogP contribution in [-0.2, 0) is 6.54 Å². The van der Waals surface area contributed by atoms with Crippen LogP contribution in [0.5, 0.6) is 5.75 Å². The molecule has 2 aromatic carbocycles. The molecular weight excluding hydrogens is 327 g/mol. The quantitative estimate of drug-likeness (QED) is 0.563. The van der Waals surface area contributed by atoms with Crippen LogP contribution >= 0.6 is 11.8 Å². The fourth-order valence-corrected chi connectivity index (χ4v) is 2.39. The van der Waals surface area contributed by atoms with E-state index < -0.39 is 0 Å². The van der Waals surface area contributed by atoms with E-state index in [1.165, 1.54) is 17.0 Å². The van der Waals surface area contributed by atoms with Crippen molar-refractivity contribution in [3.05, 3.63) is 59.9 Å². The van der Waals surface area contributed by atoms with Gasteiger partial charge in [0, 0.05) is 18.0 Å². The summed E-state index contributed by atoms with van der Waals surface area (Å²) in [7, 11) is 0. The first-order valence-electron chi connectivity index (χ1n) is 7.70. The van der Waals surface area contributed by atoms with Crippen LogP contribution < -0.4 is 15.4 Å². The largest absolute Gasteiger partial charge is 0.494 e. The molecule has 0 aliphatic carbocycles. The van der Waals surface area contributed by atoms with Gasteiger partial charge in [0.25, 0.3) is 0 Å². The van der Waals surface area contributed by atoms with Crippen molar-refractivity contribution in [1.29, 1.82) is 0 Å². The van der Waals surface area contributed by atoms with Crippen LogP contribution in [0.15, 0.2) is 53.4 Å². The number of urea groups is 1. The number of ether oxygens (including phenoxy) is 1. The number of rotatable bonds is 8. The topological polar surface area (TPSA) is 50.4 Å². The Hall–Kier alpha value is -2.21. The highest BCUT2D eigenvalue weighted by atomic mass is 32.2. The number of hydrogen-bond donors (Lipinski definition) is 2. The summed E-state index contributed by atoms with van der Waals surface area (Å²) < 4.78 is 18.2. The maximum atomic E-state index is 12.7. The number of nitrogens with one attached hydrogen (secondary N) is 2. The van der Waals surface area contributed by atoms with Crippen molar-refractivity contribution in [2.75, 3.05) is 19.4 Å². The second-order valence-electron chi connectivity index (χ2n) is 5.11. The summed E-state index contributed by atoms with van der Waals surface area (Å²) in [4.78, 5) is 12.9. The second-order valence-corrected chi connectivity index (χ2v) is 5.99. The first-order valence-corrected chi connectivity index (χ1v) is 8.93. The number of carbonyl (C=O) groups excluding carboxylic acids is 1. The van der Waals surface area contributed by atoms with E-state index in [0.717, 1.165) is 5.56 Å². The van der Waals surface area contributed by atoms with Gasteiger partial charge in [0.05, 0.1) is 6.61 Å². The van der Waals surface area contributed by atoms with Crippen LogP contribution in [0.2, 0.25) is 0 Å². The molecule has 0 unspecified atom stereocenters. The number of benzene rings is 2. The molecule has 2 N–H and O–H groups in total. The van der Waals surface area contributed by atoms with Gasteiger partial charge >= 0.3 is 6.03 Å². The van der Waals surface area contributed by atoms with Crippen LogP contribution in [-0.4, -0.2) is 25.4 Å². The van der Waals surface area contributed by atoms with Gasteiger partial charge in [0.2, 0.25) is 0 Å². The van der Waals surface area contributed by atoms with Gasteiger partial charge in [-0.1, -0.05) is 12.1 Å². The van der Waals surface area contributed by atoms with Crippen molar-refractivity contribution in [1.82, 2.24) is 10.6 Å². The molecule has 0 fully saturated rings. The van der Waals surface area contributed by atoms with E-state index >= 15 is 0 Å². The molecule has 2 amide bonds. The number of halogens is 1. The van der Waals surface area contributed by atoms with Crippen LogP contribution in [0.1, 0.15) is 12.0 Å². The lowest BCUT2D eigenvalue weighted by molar-refractivity contribution is 0.238. The molecule has 0 atom stereocenters. The van der Waals surface area contributed by atoms with Gasteiger partial charge in [0.15, 0.2) is 0 Å². The van der Waals surface area contributed by atoms with Crippen LogP contribution in [0, 0.1) is 5.82 Å². The zero-order valence-electron chi connectivity index (χ0n) is 13.5. The van der Waals surface area contributed by atoms with Gasteiger partial charge < -0.3 is 15.4 Å². The van der Waals surface area contributed by atoms with Gasteiger partial charge in [-0.2, -0.15) is 0 Å². The summed E-state index contributed by atoms with van der Waals surface area (Å²) in [5.41, 5.74) is 1.06. The van der Waals surface area contributed by atoms with E-state index in [0.29, 0.717) is 31.9 Å². The molecule has 0 saturated carbocycles. The molecule has 0 aromatic heterocycles. The third-order valence-electron chi connectivity index (χ3n) is 3.30. The molecular formula is C18H21FN2O2S. The minimum absolute atomic E-state index is 0.203. The van der Waals surface area contributed by atoms with Gasteiger partial charge in [0.1, 0.15) is 11.6 Å². The third-order valence-corrected chi connectivity index (χ3v) is 4.04. The Bertz CT molecular complexity index is 632. The van der Waals surface area contributed by atoms with Gasteiger partial charge in [-0.25, -0.2) is 9.18 Å². The highest BCUT2D eigenvalue weighted by Gasteiger charge is 2.01. The molecule has 0 aliphatic heterocycles. The minimum Gasteiger partial charge on any atom is -0.494 e. The summed E-state index contributed by atoms with van der Waals surface area (Å²) in [6.07, 6.45) is 2.70. The van der Waals surface area contributed by atoms with Crippen LogP contribution in [0.4, 0.5) is 9.18 Å². The first kappa shape index (κ1) is 18.1. The molecule has 0 spiro atoms. The molecule has 0 bridgehead atoms. The Kier molecular flexibility index (Phi) is 7.42. The molecule has 6 heteroatoms. The lowest BCUT2D eigenvalue weighted by Gasteiger charge is -2.09. The average molecular weight is 348 g/mol. The molecule has 0 heterocycles. The summed E-state index contributed by atoms with van der Waals surface area (Å²) >= 11 is 1.69. The molecule has 24 heavy (non-hydrogen) atoms. The van der Waals surface area contributed by atoms with Crippen molar-refractivity contribution in [2.24, 2.45) is 0 Å². The summed E-state index contributed by atoms with van der Waals surface area (Å²) in [5.74, 6) is 0.332. The fourth-order valence-electron chi connectivity index (χ4n) is 1.98. The summed E-state index contributed by atoms with van der Waals surface area (Å²) in [6.45, 7) is 1.47. The SMILES string of the molecule is CSc1ccc(CNC(=O)NCCCOc2ccc(F)cc2)cc1. The van der Waals surface area contributed by atoms with Crippen LogP contribution in [0.3, 0.4) is 0 Å². The Morgan fingerprint density at radius 3 is 2.46 bits per heavy atom. The first-order chi connectivity index (χ1) is 11.7. The highest BCUT2D eigenvalue weighted by molar-refractivity contribution is 7.98. The van der Waals surface area contributed by atoms with E-state index in [4.69, 9.17) is 4.74 Å². The van der Waals surface area contributed by atoms with Crippen molar-refractivity contribution in [3.8, 4) is 5.75 Å². The smallest absolute Gasteiger partial charge is 0.315 e. The average Bonchev–Trinajstić information content (AvgIpc) is 2.61. The normalized spacial score (nSPS) is 10.2. The van der Waals surface area contributed by atoms with Crippen LogP contribution in [0.25, 0.3) is 0 Å². The maximum absolute atomic E-state index is 12.7. The van der Waals surface area contributed by atoms with Crippen molar-refractivity contribution >= 4 is 17.8 Å². The van der Waals surface area contributed by atoms with Crippen molar-refractivity contribution < 1.29 is 13.9 Å². The second kappa shape index (κ2) is 9.82. The van der Waals surface area contributed by atoms with E-state index in [2.05, 4.69) is 10.6 Å². The Balaban J connectivity index is 1.56. The van der Waals surface area contributed by atoms with Gasteiger partial charge in [-0.05, 0) is 54.6 Å². The standard InChI is InChI=1S/C18H21FN2O2S/c1-24-17-9-3-14(4-10-17)13-21-18(22)20-11-2-12-23-16-7-5-15(19)6-8-16/h3-10H,2,11-13H2,1H3,(H2,20,21,22). The monoisotopic (exact) mass is 348 g/mol. The van der Waals surface area contributed by atoms with Gasteiger partial charge in [-0.15, -0.1) is 11.8 Å². The molecule has 0 aliphatic rings. The Morgan fingerprint density at radius 2 is 1.79 bits per heavy atom.